The van der Waals surface area contributed by atoms with Crippen molar-refractivity contribution in [3.63, 3.8) is 0 Å². The number of hydrogen-bond acceptors (Lipinski definition) is 6. The number of rotatable bonds is 7. The molecule has 2 heterocycles. The predicted molar refractivity (Wildman–Crippen MR) is 83.0 cm³/mol. The molecule has 0 saturated heterocycles. The Morgan fingerprint density at radius 1 is 1.41 bits per heavy atom. The van der Waals surface area contributed by atoms with E-state index in [0.717, 1.165) is 17.9 Å². The van der Waals surface area contributed by atoms with Crippen molar-refractivity contribution in [2.24, 2.45) is 7.05 Å². The molecule has 0 radical (unpaired) electrons. The van der Waals surface area contributed by atoms with Crippen molar-refractivity contribution >= 4 is 10.0 Å². The third kappa shape index (κ3) is 3.83. The Balaban J connectivity index is 2.11. The van der Waals surface area contributed by atoms with Gasteiger partial charge in [0.15, 0.2) is 0 Å². The minimum Gasteiger partial charge on any atom is -0.379 e. The van der Waals surface area contributed by atoms with Gasteiger partial charge in [-0.2, -0.15) is 4.31 Å². The van der Waals surface area contributed by atoms with Crippen LogP contribution in [0.15, 0.2) is 0 Å². The summed E-state index contributed by atoms with van der Waals surface area (Å²) in [5.74, 6) is 0.0591. The summed E-state index contributed by atoms with van der Waals surface area (Å²) in [4.78, 5) is 2.05. The highest BCUT2D eigenvalue weighted by molar-refractivity contribution is 7.89. The van der Waals surface area contributed by atoms with Crippen LogP contribution in [-0.4, -0.2) is 78.8 Å². The van der Waals surface area contributed by atoms with Crippen LogP contribution in [0.4, 0.5) is 0 Å². The third-order valence-electron chi connectivity index (χ3n) is 3.84. The first-order valence-corrected chi connectivity index (χ1v) is 9.04. The third-order valence-corrected chi connectivity index (χ3v) is 5.64. The van der Waals surface area contributed by atoms with E-state index in [2.05, 4.69) is 10.3 Å². The van der Waals surface area contributed by atoms with Gasteiger partial charge >= 0.3 is 0 Å². The van der Waals surface area contributed by atoms with Crippen LogP contribution < -0.4 is 0 Å². The van der Waals surface area contributed by atoms with Gasteiger partial charge < -0.3 is 9.64 Å². The van der Waals surface area contributed by atoms with Gasteiger partial charge in [0.05, 0.1) is 31.2 Å². The van der Waals surface area contributed by atoms with Gasteiger partial charge in [0, 0.05) is 26.1 Å². The van der Waals surface area contributed by atoms with Crippen LogP contribution in [0.25, 0.3) is 0 Å². The molecule has 0 saturated carbocycles. The summed E-state index contributed by atoms with van der Waals surface area (Å²) in [5, 5.41) is 8.13. The van der Waals surface area contributed by atoms with Crippen molar-refractivity contribution in [1.29, 1.82) is 0 Å². The van der Waals surface area contributed by atoms with Crippen molar-refractivity contribution in [2.45, 2.75) is 19.4 Å². The molecule has 8 nitrogen and oxygen atoms in total. The Labute approximate surface area is 132 Å². The molecule has 0 aromatic carbocycles. The van der Waals surface area contributed by atoms with E-state index >= 15 is 0 Å². The van der Waals surface area contributed by atoms with Gasteiger partial charge in [-0.05, 0) is 21.0 Å². The SMILES string of the molecule is CCS(=O)(=O)N1Cc2nnn(C)c2[C@@H](COCCN(C)C)C1. The Morgan fingerprint density at radius 2 is 2.14 bits per heavy atom. The maximum atomic E-state index is 12.2. The highest BCUT2D eigenvalue weighted by Gasteiger charge is 2.34. The van der Waals surface area contributed by atoms with Gasteiger partial charge in [-0.15, -0.1) is 5.10 Å². The minimum absolute atomic E-state index is 0.0350. The van der Waals surface area contributed by atoms with E-state index < -0.39 is 10.0 Å². The van der Waals surface area contributed by atoms with Gasteiger partial charge in [0.1, 0.15) is 5.69 Å². The lowest BCUT2D eigenvalue weighted by atomic mass is 10.0. The molecule has 22 heavy (non-hydrogen) atoms. The lowest BCUT2D eigenvalue weighted by Gasteiger charge is -2.31. The van der Waals surface area contributed by atoms with E-state index in [1.165, 1.54) is 4.31 Å². The number of fused-ring (bicyclic) bond motifs is 1. The number of likely N-dealkylation sites (N-methyl/N-ethyl adjacent to an activating group) is 1. The van der Waals surface area contributed by atoms with E-state index in [9.17, 15) is 8.42 Å². The summed E-state index contributed by atoms with van der Waals surface area (Å²) in [6, 6.07) is 0. The summed E-state index contributed by atoms with van der Waals surface area (Å²) < 4.78 is 33.3. The van der Waals surface area contributed by atoms with Crippen molar-refractivity contribution < 1.29 is 13.2 Å². The first kappa shape index (κ1) is 17.3. The number of ether oxygens (including phenoxy) is 1. The van der Waals surface area contributed by atoms with Gasteiger partial charge in [-0.25, -0.2) is 8.42 Å². The van der Waals surface area contributed by atoms with Crippen LogP contribution >= 0.6 is 0 Å². The Hall–Kier alpha value is -1.03. The van der Waals surface area contributed by atoms with Crippen LogP contribution in [0, 0.1) is 0 Å². The standard InChI is InChI=1S/C13H25N5O3S/c1-5-22(19,20)18-8-11(10-21-7-6-16(2)3)13-12(9-18)14-15-17(13)4/h11H,5-10H2,1-4H3/t11-/m1/s1. The first-order chi connectivity index (χ1) is 10.3. The average Bonchev–Trinajstić information content (AvgIpc) is 2.85. The Morgan fingerprint density at radius 3 is 2.77 bits per heavy atom. The number of hydrogen-bond donors (Lipinski definition) is 0. The highest BCUT2D eigenvalue weighted by Crippen LogP contribution is 2.28. The van der Waals surface area contributed by atoms with Crippen molar-refractivity contribution in [3.05, 3.63) is 11.4 Å². The zero-order valence-electron chi connectivity index (χ0n) is 13.7. The molecule has 9 heteroatoms. The summed E-state index contributed by atoms with van der Waals surface area (Å²) in [6.45, 7) is 4.30. The van der Waals surface area contributed by atoms with Gasteiger partial charge in [-0.3, -0.25) is 4.68 Å². The van der Waals surface area contributed by atoms with E-state index in [4.69, 9.17) is 4.74 Å². The lowest BCUT2D eigenvalue weighted by Crippen LogP contribution is -2.41. The summed E-state index contributed by atoms with van der Waals surface area (Å²) >= 11 is 0. The van der Waals surface area contributed by atoms with Gasteiger partial charge in [-0.1, -0.05) is 5.21 Å². The fourth-order valence-electron chi connectivity index (χ4n) is 2.58. The molecule has 1 aliphatic rings. The Kier molecular flexibility index (Phi) is 5.54. The maximum Gasteiger partial charge on any atom is 0.214 e. The van der Waals surface area contributed by atoms with Crippen LogP contribution in [0.3, 0.4) is 0 Å². The molecule has 0 bridgehead atoms. The van der Waals surface area contributed by atoms with Crippen molar-refractivity contribution in [2.75, 3.05) is 46.2 Å². The quantitative estimate of drug-likeness (QED) is 0.635. The normalized spacial score (nSPS) is 19.6. The van der Waals surface area contributed by atoms with Crippen LogP contribution in [0.5, 0.6) is 0 Å². The van der Waals surface area contributed by atoms with E-state index in [0.29, 0.717) is 26.3 Å². The fourth-order valence-corrected chi connectivity index (χ4v) is 3.67. The van der Waals surface area contributed by atoms with E-state index in [1.807, 2.05) is 26.0 Å². The minimum atomic E-state index is -3.24. The monoisotopic (exact) mass is 331 g/mol. The topological polar surface area (TPSA) is 80.6 Å². The second kappa shape index (κ2) is 7.03. The van der Waals surface area contributed by atoms with Crippen molar-refractivity contribution in [3.8, 4) is 0 Å². The number of nitrogens with zero attached hydrogens (tertiary/aromatic N) is 5. The van der Waals surface area contributed by atoms with Gasteiger partial charge in [0.2, 0.25) is 10.0 Å². The molecule has 0 unspecified atom stereocenters. The molecule has 0 N–H and O–H groups in total. The number of aromatic nitrogens is 3. The molecule has 1 atom stereocenters. The summed E-state index contributed by atoms with van der Waals surface area (Å²) in [7, 11) is 2.57. The lowest BCUT2D eigenvalue weighted by molar-refractivity contribution is 0.0952. The largest absolute Gasteiger partial charge is 0.379 e. The highest BCUT2D eigenvalue weighted by atomic mass is 32.2. The number of aryl methyl sites for hydroxylation is 1. The number of sulfonamides is 1. The van der Waals surface area contributed by atoms with Crippen LogP contribution in [0.1, 0.15) is 24.2 Å². The predicted octanol–water partition coefficient (Wildman–Crippen LogP) is -0.358. The zero-order chi connectivity index (χ0) is 16.3. The molecule has 0 amide bonds. The molecule has 0 spiro atoms. The smallest absolute Gasteiger partial charge is 0.214 e. The molecule has 1 aliphatic heterocycles. The molecule has 1 aromatic heterocycles. The molecular weight excluding hydrogens is 306 g/mol. The molecule has 126 valence electrons. The zero-order valence-corrected chi connectivity index (χ0v) is 14.5. The molecule has 0 aliphatic carbocycles. The summed E-state index contributed by atoms with van der Waals surface area (Å²) in [5.41, 5.74) is 1.71. The summed E-state index contributed by atoms with van der Waals surface area (Å²) in [6.07, 6.45) is 0. The van der Waals surface area contributed by atoms with E-state index in [-0.39, 0.29) is 11.7 Å². The van der Waals surface area contributed by atoms with Crippen molar-refractivity contribution in [1.82, 2.24) is 24.2 Å². The van der Waals surface area contributed by atoms with Crippen LogP contribution in [-0.2, 0) is 28.4 Å². The second-order valence-corrected chi connectivity index (χ2v) is 8.07. The molecule has 1 aromatic rings. The Bertz CT molecular complexity index is 599. The first-order valence-electron chi connectivity index (χ1n) is 7.44. The fraction of sp³-hybridized carbons (Fsp3) is 0.846. The second-order valence-electron chi connectivity index (χ2n) is 5.81. The van der Waals surface area contributed by atoms with E-state index in [1.54, 1.807) is 11.6 Å². The van der Waals surface area contributed by atoms with Gasteiger partial charge in [0.25, 0.3) is 0 Å². The molecule has 0 fully saturated rings. The molecule has 2 rings (SSSR count). The molecular formula is C13H25N5O3S. The maximum absolute atomic E-state index is 12.2. The van der Waals surface area contributed by atoms with Crippen LogP contribution in [0.2, 0.25) is 0 Å². The average molecular weight is 331 g/mol.